The molecule has 1 aliphatic rings. The van der Waals surface area contributed by atoms with Crippen LogP contribution in [0.5, 0.6) is 28.7 Å². The number of aromatic amines is 1. The molecule has 1 unspecified atom stereocenters. The number of methoxy groups -OCH3 is 2. The normalized spacial score (nSPS) is 13.9. The molecule has 0 saturated heterocycles. The van der Waals surface area contributed by atoms with Crippen LogP contribution >= 0.6 is 19.0 Å². The van der Waals surface area contributed by atoms with Crippen molar-refractivity contribution in [2.24, 2.45) is 0 Å². The Morgan fingerprint density at radius 2 is 1.83 bits per heavy atom. The predicted octanol–water partition coefficient (Wildman–Crippen LogP) is 2.65. The first-order valence-corrected chi connectivity index (χ1v) is 10.9. The van der Waals surface area contributed by atoms with Crippen LogP contribution in [0.15, 0.2) is 30.3 Å². The molecule has 13 heteroatoms. The monoisotopic (exact) mass is 461 g/mol. The van der Waals surface area contributed by atoms with Gasteiger partial charge in [-0.15, -0.1) is 5.10 Å². The number of thiol groups is 1. The van der Waals surface area contributed by atoms with E-state index in [-0.39, 0.29) is 47.8 Å². The molecule has 3 aromatic rings. The van der Waals surface area contributed by atoms with Crippen LogP contribution in [-0.4, -0.2) is 70.9 Å². The topological polar surface area (TPSA) is 125 Å². The van der Waals surface area contributed by atoms with Crippen molar-refractivity contribution in [3.63, 3.8) is 0 Å². The summed E-state index contributed by atoms with van der Waals surface area (Å²) in [7, 11) is 2.95. The molecule has 0 spiro atoms. The van der Waals surface area contributed by atoms with Gasteiger partial charge in [-0.1, -0.05) is 5.21 Å². The molecule has 0 radical (unpaired) electrons. The van der Waals surface area contributed by atoms with Crippen molar-refractivity contribution in [1.82, 2.24) is 15.4 Å². The number of rotatable bonds is 6. The van der Waals surface area contributed by atoms with Crippen LogP contribution in [0.4, 0.5) is 0 Å². The molecule has 0 aliphatic carbocycles. The molecule has 0 bridgehead atoms. The van der Waals surface area contributed by atoms with Crippen LogP contribution in [0.25, 0.3) is 22.5 Å². The van der Waals surface area contributed by atoms with E-state index in [0.29, 0.717) is 39.8 Å². The van der Waals surface area contributed by atoms with Gasteiger partial charge < -0.3 is 28.4 Å². The van der Waals surface area contributed by atoms with Crippen molar-refractivity contribution < 1.29 is 32.9 Å². The molecule has 2 aromatic carbocycles. The fourth-order valence-corrected chi connectivity index (χ4v) is 3.59. The fraction of sp³-hybridized carbons (Fsp3) is 0.176. The number of fused-ring (bicyclic) bond motifs is 1. The summed E-state index contributed by atoms with van der Waals surface area (Å²) in [5, 5.41) is 10.9. The zero-order valence-electron chi connectivity index (χ0n) is 15.3. The van der Waals surface area contributed by atoms with E-state index in [1.807, 2.05) is 0 Å². The van der Waals surface area contributed by atoms with Crippen molar-refractivity contribution >= 4 is 48.6 Å². The third-order valence-corrected chi connectivity index (χ3v) is 4.83. The summed E-state index contributed by atoms with van der Waals surface area (Å²) in [4.78, 5) is 9.46. The molecular formula is C17H17N3NaO7PS. The number of hydrogen-bond acceptors (Lipinski definition) is 8. The summed E-state index contributed by atoms with van der Waals surface area (Å²) in [6.07, 6.45) is 0. The van der Waals surface area contributed by atoms with Crippen molar-refractivity contribution in [2.45, 2.75) is 0 Å². The average molecular weight is 461 g/mol. The number of benzene rings is 2. The third kappa shape index (κ3) is 4.56. The predicted molar refractivity (Wildman–Crippen MR) is 113 cm³/mol. The first kappa shape index (κ1) is 22.8. The number of nitrogens with zero attached hydrogens (tertiary/aromatic N) is 2. The van der Waals surface area contributed by atoms with Crippen molar-refractivity contribution in [2.75, 3.05) is 21.0 Å². The summed E-state index contributed by atoms with van der Waals surface area (Å²) in [6, 6.07) is 8.38. The number of H-pyrrole nitrogens is 1. The van der Waals surface area contributed by atoms with Gasteiger partial charge in [-0.2, -0.15) is 0 Å². The Labute approximate surface area is 198 Å². The van der Waals surface area contributed by atoms with Gasteiger partial charge in [0, 0.05) is 11.1 Å². The van der Waals surface area contributed by atoms with Crippen LogP contribution in [-0.2, 0) is 4.57 Å². The summed E-state index contributed by atoms with van der Waals surface area (Å²) in [6.45, 7) is -3.99. The van der Waals surface area contributed by atoms with Gasteiger partial charge in [0.25, 0.3) is 0 Å². The SMILES string of the molecule is COc1ccc(-c2[nH]nnc2-c2cc(OC)c3c(c2)OCO3)cc1OP(=O)(O)S.[NaH]. The molecule has 154 valence electrons. The molecule has 1 aliphatic heterocycles. The van der Waals surface area contributed by atoms with Gasteiger partial charge in [0.2, 0.25) is 12.5 Å². The Kier molecular flexibility index (Phi) is 6.91. The Morgan fingerprint density at radius 1 is 1.10 bits per heavy atom. The quantitative estimate of drug-likeness (QED) is 0.289. The molecule has 1 atom stereocenters. The summed E-state index contributed by atoms with van der Waals surface area (Å²) in [5.74, 6) is 1.88. The van der Waals surface area contributed by atoms with Crippen LogP contribution in [0, 0.1) is 0 Å². The van der Waals surface area contributed by atoms with Gasteiger partial charge in [0.1, 0.15) is 5.69 Å². The van der Waals surface area contributed by atoms with Crippen molar-refractivity contribution in [3.8, 4) is 51.3 Å². The standard InChI is InChI=1S/C17H16N3O7PS.Na.H/c1-23-11-4-3-9(5-12(11)27-28(21,22)29)15-16(19-20-18-15)10-6-13(24-2)17-14(7-10)25-8-26-17;;/h3-7H,8H2,1-2H3,(H,18,19,20)(H2,21,22,29);;. The van der Waals surface area contributed by atoms with E-state index >= 15 is 0 Å². The molecule has 0 fully saturated rings. The van der Waals surface area contributed by atoms with Crippen molar-refractivity contribution in [1.29, 1.82) is 0 Å². The van der Waals surface area contributed by atoms with E-state index in [2.05, 4.69) is 27.7 Å². The second-order valence-electron chi connectivity index (χ2n) is 5.90. The first-order valence-electron chi connectivity index (χ1n) is 8.22. The number of nitrogens with one attached hydrogen (secondary N) is 1. The van der Waals surface area contributed by atoms with Crippen molar-refractivity contribution in [3.05, 3.63) is 30.3 Å². The molecule has 30 heavy (non-hydrogen) atoms. The van der Waals surface area contributed by atoms with Gasteiger partial charge in [-0.3, -0.25) is 5.10 Å². The summed E-state index contributed by atoms with van der Waals surface area (Å²) in [5.41, 5.74) is 2.33. The van der Waals surface area contributed by atoms with Gasteiger partial charge in [-0.25, -0.2) is 4.57 Å². The number of aromatic nitrogens is 3. The molecule has 4 rings (SSSR count). The van der Waals surface area contributed by atoms with E-state index in [1.54, 1.807) is 24.3 Å². The molecule has 0 amide bonds. The van der Waals surface area contributed by atoms with Gasteiger partial charge in [-0.05, 0) is 42.6 Å². The molecular weight excluding hydrogens is 444 g/mol. The molecule has 10 nitrogen and oxygen atoms in total. The van der Waals surface area contributed by atoms with E-state index in [9.17, 15) is 9.46 Å². The average Bonchev–Trinajstić information content (AvgIpc) is 3.35. The molecule has 2 N–H and O–H groups in total. The van der Waals surface area contributed by atoms with Crippen LogP contribution in [0.2, 0.25) is 0 Å². The summed E-state index contributed by atoms with van der Waals surface area (Å²) < 4.78 is 38.1. The van der Waals surface area contributed by atoms with E-state index in [0.717, 1.165) is 0 Å². The second-order valence-corrected chi connectivity index (χ2v) is 8.58. The number of ether oxygens (including phenoxy) is 4. The van der Waals surface area contributed by atoms with Crippen LogP contribution < -0.4 is 23.5 Å². The molecule has 1 aromatic heterocycles. The van der Waals surface area contributed by atoms with Crippen LogP contribution in [0.1, 0.15) is 0 Å². The fourth-order valence-electron chi connectivity index (χ4n) is 2.93. The van der Waals surface area contributed by atoms with Gasteiger partial charge in [0.05, 0.1) is 19.9 Å². The molecule has 2 heterocycles. The Bertz CT molecular complexity index is 1120. The van der Waals surface area contributed by atoms with E-state index < -0.39 is 6.80 Å². The third-order valence-electron chi connectivity index (χ3n) is 4.15. The molecule has 0 saturated carbocycles. The van der Waals surface area contributed by atoms with Crippen LogP contribution in [0.3, 0.4) is 0 Å². The van der Waals surface area contributed by atoms with E-state index in [1.165, 1.54) is 20.3 Å². The Hall–Kier alpha value is -1.88. The minimum atomic E-state index is -4.09. The first-order chi connectivity index (χ1) is 13.9. The maximum absolute atomic E-state index is 11.6. The Balaban J connectivity index is 0.00000256. The second kappa shape index (κ2) is 9.09. The van der Waals surface area contributed by atoms with Gasteiger partial charge >= 0.3 is 36.4 Å². The zero-order valence-corrected chi connectivity index (χ0v) is 17.1. The Morgan fingerprint density at radius 3 is 2.53 bits per heavy atom. The summed E-state index contributed by atoms with van der Waals surface area (Å²) >= 11 is 3.56. The maximum atomic E-state index is 11.6. The zero-order chi connectivity index (χ0) is 20.6. The minimum absolute atomic E-state index is 0. The van der Waals surface area contributed by atoms with E-state index in [4.69, 9.17) is 23.5 Å². The number of hydrogen-bond donors (Lipinski definition) is 3. The van der Waals surface area contributed by atoms with Gasteiger partial charge in [0.15, 0.2) is 23.0 Å².